The number of para-hydroxylation sites is 1. The second-order valence-electron chi connectivity index (χ2n) is 10.6. The zero-order chi connectivity index (χ0) is 28.4. The van der Waals surface area contributed by atoms with Gasteiger partial charge in [0, 0.05) is 29.9 Å². The number of fused-ring (bicyclic) bond motifs is 1. The standard InChI is InChI=1S/C29H35FN6O4/c1-15(20-6-4-5-7-24(20)40-3)32-27(37)21-13-17(8-10-22(21)30)26-25(16(2)33-29(39)35-26)28(38)34-19-9-11-23-18(12-19)14-31-36-23/h4-8,10,13,15,18-19,23,26,31,36H,9,11-12,14H2,1-3H3,(H,32,37)(H,34,38)(H2,33,35,39). The molecule has 2 aromatic carbocycles. The van der Waals surface area contributed by atoms with E-state index in [1.54, 1.807) is 27.0 Å². The first kappa shape index (κ1) is 27.6. The molecule has 5 rings (SSSR count). The number of carbonyl (C=O) groups excluding carboxylic acids is 3. The predicted molar refractivity (Wildman–Crippen MR) is 147 cm³/mol. The van der Waals surface area contributed by atoms with Crippen LogP contribution in [0.2, 0.25) is 0 Å². The molecule has 0 spiro atoms. The summed E-state index contributed by atoms with van der Waals surface area (Å²) in [4.78, 5) is 39.2. The van der Waals surface area contributed by atoms with Gasteiger partial charge in [-0.2, -0.15) is 0 Å². The minimum absolute atomic E-state index is 0.0000465. The maximum absolute atomic E-state index is 14.9. The largest absolute Gasteiger partial charge is 0.496 e. The Morgan fingerprint density at radius 1 is 1.12 bits per heavy atom. The Kier molecular flexibility index (Phi) is 8.04. The lowest BCUT2D eigenvalue weighted by atomic mass is 9.82. The molecule has 2 heterocycles. The van der Waals surface area contributed by atoms with E-state index < -0.39 is 29.8 Å². The summed E-state index contributed by atoms with van der Waals surface area (Å²) in [7, 11) is 1.54. The quantitative estimate of drug-likeness (QED) is 0.314. The van der Waals surface area contributed by atoms with Gasteiger partial charge in [0.1, 0.15) is 11.6 Å². The van der Waals surface area contributed by atoms with Crippen molar-refractivity contribution >= 4 is 17.8 Å². The summed E-state index contributed by atoms with van der Waals surface area (Å²) in [6.07, 6.45) is 2.63. The summed E-state index contributed by atoms with van der Waals surface area (Å²) >= 11 is 0. The molecule has 11 heteroatoms. The number of carbonyl (C=O) groups is 3. The molecule has 40 heavy (non-hydrogen) atoms. The number of allylic oxidation sites excluding steroid dienone is 1. The van der Waals surface area contributed by atoms with Gasteiger partial charge < -0.3 is 26.0 Å². The Bertz CT molecular complexity index is 1350. The molecule has 5 unspecified atom stereocenters. The van der Waals surface area contributed by atoms with Crippen LogP contribution in [0.4, 0.5) is 9.18 Å². The molecular weight excluding hydrogens is 515 g/mol. The molecule has 212 valence electrons. The lowest BCUT2D eigenvalue weighted by Crippen LogP contribution is -2.50. The molecule has 4 amide bonds. The van der Waals surface area contributed by atoms with Gasteiger partial charge in [-0.15, -0.1) is 0 Å². The van der Waals surface area contributed by atoms with Crippen LogP contribution in [0, 0.1) is 11.7 Å². The number of hydrazine groups is 1. The second-order valence-corrected chi connectivity index (χ2v) is 10.6. The average molecular weight is 551 g/mol. The van der Waals surface area contributed by atoms with Gasteiger partial charge in [0.2, 0.25) is 0 Å². The number of benzene rings is 2. The van der Waals surface area contributed by atoms with Gasteiger partial charge in [0.25, 0.3) is 11.8 Å². The van der Waals surface area contributed by atoms with Gasteiger partial charge in [-0.1, -0.05) is 24.3 Å². The number of hydrogen-bond donors (Lipinski definition) is 6. The summed E-state index contributed by atoms with van der Waals surface area (Å²) in [6, 6.07) is 9.91. The second kappa shape index (κ2) is 11.6. The van der Waals surface area contributed by atoms with Crippen molar-refractivity contribution in [3.05, 3.63) is 76.2 Å². The van der Waals surface area contributed by atoms with Crippen molar-refractivity contribution in [2.24, 2.45) is 5.92 Å². The number of ether oxygens (including phenoxy) is 1. The van der Waals surface area contributed by atoms with E-state index in [-0.39, 0.29) is 17.5 Å². The van der Waals surface area contributed by atoms with Crippen LogP contribution in [-0.2, 0) is 4.79 Å². The van der Waals surface area contributed by atoms with Gasteiger partial charge in [-0.3, -0.25) is 20.4 Å². The highest BCUT2D eigenvalue weighted by atomic mass is 19.1. The maximum atomic E-state index is 14.9. The number of nitrogens with one attached hydrogen (secondary N) is 6. The van der Waals surface area contributed by atoms with Crippen molar-refractivity contribution in [3.63, 3.8) is 0 Å². The molecule has 1 saturated heterocycles. The van der Waals surface area contributed by atoms with Crippen LogP contribution in [0.25, 0.3) is 0 Å². The third-order valence-corrected chi connectivity index (χ3v) is 8.00. The molecule has 2 aromatic rings. The summed E-state index contributed by atoms with van der Waals surface area (Å²) in [5, 5.41) is 11.4. The van der Waals surface area contributed by atoms with E-state index in [0.29, 0.717) is 34.5 Å². The number of hydrogen-bond acceptors (Lipinski definition) is 6. The van der Waals surface area contributed by atoms with Crippen molar-refractivity contribution in [1.29, 1.82) is 0 Å². The molecular formula is C29H35FN6O4. The number of urea groups is 1. The van der Waals surface area contributed by atoms with Crippen molar-refractivity contribution in [2.45, 2.75) is 57.3 Å². The van der Waals surface area contributed by atoms with Gasteiger partial charge in [0.15, 0.2) is 0 Å². The van der Waals surface area contributed by atoms with Gasteiger partial charge in [0.05, 0.1) is 30.3 Å². The Labute approximate surface area is 232 Å². The maximum Gasteiger partial charge on any atom is 0.319 e. The summed E-state index contributed by atoms with van der Waals surface area (Å²) in [6.45, 7) is 4.30. The van der Waals surface area contributed by atoms with Crippen molar-refractivity contribution in [1.82, 2.24) is 32.1 Å². The number of methoxy groups -OCH3 is 1. The van der Waals surface area contributed by atoms with Crippen LogP contribution < -0.4 is 36.9 Å². The molecule has 0 radical (unpaired) electrons. The van der Waals surface area contributed by atoms with E-state index >= 15 is 0 Å². The first-order valence-electron chi connectivity index (χ1n) is 13.6. The van der Waals surface area contributed by atoms with E-state index in [9.17, 15) is 18.8 Å². The van der Waals surface area contributed by atoms with Crippen molar-refractivity contribution in [3.8, 4) is 5.75 Å². The number of halogens is 1. The molecule has 5 atom stereocenters. The number of amides is 4. The van der Waals surface area contributed by atoms with E-state index in [1.807, 2.05) is 18.2 Å². The monoisotopic (exact) mass is 550 g/mol. The van der Waals surface area contributed by atoms with Crippen LogP contribution in [0.5, 0.6) is 5.75 Å². The molecule has 2 fully saturated rings. The fourth-order valence-corrected chi connectivity index (χ4v) is 5.91. The van der Waals surface area contributed by atoms with Crippen LogP contribution >= 0.6 is 0 Å². The summed E-state index contributed by atoms with van der Waals surface area (Å²) in [5.74, 6) is -0.605. The molecule has 6 N–H and O–H groups in total. The molecule has 0 bridgehead atoms. The van der Waals surface area contributed by atoms with E-state index in [1.165, 1.54) is 18.2 Å². The Hall–Kier alpha value is -3.96. The Morgan fingerprint density at radius 3 is 2.73 bits per heavy atom. The van der Waals surface area contributed by atoms with Crippen molar-refractivity contribution in [2.75, 3.05) is 13.7 Å². The van der Waals surface area contributed by atoms with E-state index in [2.05, 4.69) is 32.1 Å². The van der Waals surface area contributed by atoms with Crippen LogP contribution in [0.15, 0.2) is 53.7 Å². The normalized spacial score (nSPS) is 24.9. The van der Waals surface area contributed by atoms with E-state index in [4.69, 9.17) is 4.74 Å². The third kappa shape index (κ3) is 5.66. The van der Waals surface area contributed by atoms with Crippen LogP contribution in [-0.4, -0.2) is 43.6 Å². The smallest absolute Gasteiger partial charge is 0.319 e. The topological polar surface area (TPSA) is 133 Å². The molecule has 0 aromatic heterocycles. The summed E-state index contributed by atoms with van der Waals surface area (Å²) in [5.41, 5.74) is 8.18. The molecule has 2 aliphatic heterocycles. The zero-order valence-electron chi connectivity index (χ0n) is 22.8. The average Bonchev–Trinajstić information content (AvgIpc) is 3.40. The van der Waals surface area contributed by atoms with Crippen LogP contribution in [0.1, 0.15) is 66.7 Å². The van der Waals surface area contributed by atoms with Crippen LogP contribution in [0.3, 0.4) is 0 Å². The van der Waals surface area contributed by atoms with Gasteiger partial charge in [-0.25, -0.2) is 9.18 Å². The zero-order valence-corrected chi connectivity index (χ0v) is 22.8. The van der Waals surface area contributed by atoms with Gasteiger partial charge in [-0.05, 0) is 62.8 Å². The highest BCUT2D eigenvalue weighted by Gasteiger charge is 2.37. The highest BCUT2D eigenvalue weighted by Crippen LogP contribution is 2.31. The Balaban J connectivity index is 1.36. The van der Waals surface area contributed by atoms with Crippen molar-refractivity contribution < 1.29 is 23.5 Å². The molecule has 1 saturated carbocycles. The van der Waals surface area contributed by atoms with Gasteiger partial charge >= 0.3 is 6.03 Å². The van der Waals surface area contributed by atoms with E-state index in [0.717, 1.165) is 31.4 Å². The molecule has 3 aliphatic rings. The summed E-state index contributed by atoms with van der Waals surface area (Å²) < 4.78 is 20.3. The lowest BCUT2D eigenvalue weighted by Gasteiger charge is -2.33. The first-order chi connectivity index (χ1) is 19.2. The number of rotatable bonds is 7. The first-order valence-corrected chi connectivity index (χ1v) is 13.6. The lowest BCUT2D eigenvalue weighted by molar-refractivity contribution is -0.119. The minimum atomic E-state index is -0.862. The Morgan fingerprint density at radius 2 is 1.93 bits per heavy atom. The highest BCUT2D eigenvalue weighted by molar-refractivity contribution is 5.99. The fraction of sp³-hybridized carbons (Fsp3) is 0.414. The third-order valence-electron chi connectivity index (χ3n) is 8.00. The SMILES string of the molecule is COc1ccccc1C(C)NC(=O)c1cc(C2NC(=O)NC(C)=C2C(=O)NC2CCC3NNCC3C2)ccc1F. The molecule has 10 nitrogen and oxygen atoms in total. The molecule has 1 aliphatic carbocycles. The predicted octanol–water partition coefficient (Wildman–Crippen LogP) is 2.71. The minimum Gasteiger partial charge on any atom is -0.496 e. The fourth-order valence-electron chi connectivity index (χ4n) is 5.91.